The minimum Gasteiger partial charge on any atom is -0.376 e. The van der Waals surface area contributed by atoms with E-state index in [1.165, 1.54) is 87.6 Å². The number of hydrogen-bond donors (Lipinski definition) is 0. The first kappa shape index (κ1) is 22.4. The van der Waals surface area contributed by atoms with Crippen molar-refractivity contribution in [2.75, 3.05) is 4.81 Å². The van der Waals surface area contributed by atoms with Gasteiger partial charge in [-0.05, 0) is 102 Å². The van der Waals surface area contributed by atoms with Gasteiger partial charge in [0.25, 0.3) is 0 Å². The van der Waals surface area contributed by atoms with Crippen molar-refractivity contribution in [1.82, 2.24) is 0 Å². The summed E-state index contributed by atoms with van der Waals surface area (Å²) in [5, 5.41) is 10.2. The third-order valence-electron chi connectivity index (χ3n) is 9.51. The van der Waals surface area contributed by atoms with Crippen molar-refractivity contribution >= 4 is 72.2 Å². The van der Waals surface area contributed by atoms with E-state index in [0.717, 1.165) is 0 Å². The van der Waals surface area contributed by atoms with Crippen molar-refractivity contribution in [2.24, 2.45) is 0 Å². The minimum atomic E-state index is 0.0616. The lowest BCUT2D eigenvalue weighted by Crippen LogP contribution is -2.59. The highest BCUT2D eigenvalue weighted by molar-refractivity contribution is 6.92. The average Bonchev–Trinajstić information content (AvgIpc) is 3.05. The van der Waals surface area contributed by atoms with E-state index >= 15 is 0 Å². The summed E-state index contributed by atoms with van der Waals surface area (Å²) in [7, 11) is 0. The molecule has 2 aliphatic rings. The van der Waals surface area contributed by atoms with E-state index in [1.54, 1.807) is 0 Å². The predicted octanol–water partition coefficient (Wildman–Crippen LogP) is 9.20. The lowest BCUT2D eigenvalue weighted by molar-refractivity contribution is 1.37. The predicted molar refractivity (Wildman–Crippen MR) is 181 cm³/mol. The molecule has 0 unspecified atom stereocenters. The van der Waals surface area contributed by atoms with Gasteiger partial charge in [0.1, 0.15) is 0 Å². The summed E-state index contributed by atoms with van der Waals surface area (Å²) in [5.74, 6) is 0. The van der Waals surface area contributed by atoms with Gasteiger partial charge in [-0.3, -0.25) is 0 Å². The molecular formula is C40H24BN. The van der Waals surface area contributed by atoms with Gasteiger partial charge >= 0.3 is 6.85 Å². The molecule has 2 heteroatoms. The Labute approximate surface area is 244 Å². The zero-order chi connectivity index (χ0) is 27.4. The topological polar surface area (TPSA) is 3.24 Å². The zero-order valence-corrected chi connectivity index (χ0v) is 22.9. The van der Waals surface area contributed by atoms with E-state index in [4.69, 9.17) is 0 Å². The molecule has 1 nitrogen and oxygen atoms in total. The fraction of sp³-hybridized carbons (Fsp3) is 0. The van der Waals surface area contributed by atoms with Gasteiger partial charge in [-0.1, -0.05) is 109 Å². The van der Waals surface area contributed by atoms with Gasteiger partial charge in [-0.15, -0.1) is 0 Å². The van der Waals surface area contributed by atoms with Crippen LogP contribution in [0.15, 0.2) is 146 Å². The molecule has 0 saturated carbocycles. The second kappa shape index (κ2) is 8.12. The number of anilines is 2. The maximum absolute atomic E-state index is 2.64. The molecule has 2 aliphatic heterocycles. The molecule has 42 heavy (non-hydrogen) atoms. The Morgan fingerprint density at radius 1 is 0.310 bits per heavy atom. The van der Waals surface area contributed by atoms with Crippen LogP contribution >= 0.6 is 0 Å². The summed E-state index contributed by atoms with van der Waals surface area (Å²) >= 11 is 0. The minimum absolute atomic E-state index is 0.0616. The molecule has 10 rings (SSSR count). The van der Waals surface area contributed by atoms with Crippen LogP contribution < -0.4 is 15.7 Å². The van der Waals surface area contributed by atoms with Gasteiger partial charge in [0.15, 0.2) is 0 Å². The SMILES string of the molecule is c1ccc2cc3c(cc2c1)B1c2cc4ccccc4cc2-c2cc4ccccc4cc2N1c1cc2ccccc2cc1-3. The fourth-order valence-corrected chi connectivity index (χ4v) is 7.58. The van der Waals surface area contributed by atoms with E-state index in [1.807, 2.05) is 0 Å². The third kappa shape index (κ3) is 2.99. The summed E-state index contributed by atoms with van der Waals surface area (Å²) in [4.78, 5) is 2.64. The second-order valence-corrected chi connectivity index (χ2v) is 11.8. The van der Waals surface area contributed by atoms with Crippen molar-refractivity contribution in [3.05, 3.63) is 146 Å². The van der Waals surface area contributed by atoms with Gasteiger partial charge in [0.2, 0.25) is 0 Å². The van der Waals surface area contributed by atoms with E-state index in [-0.39, 0.29) is 6.85 Å². The Morgan fingerprint density at radius 3 is 0.952 bits per heavy atom. The molecular weight excluding hydrogens is 505 g/mol. The lowest BCUT2D eigenvalue weighted by Gasteiger charge is -2.44. The van der Waals surface area contributed by atoms with Crippen molar-refractivity contribution in [3.8, 4) is 22.3 Å². The summed E-state index contributed by atoms with van der Waals surface area (Å²) in [6, 6.07) is 54.5. The van der Waals surface area contributed by atoms with Crippen LogP contribution in [0.1, 0.15) is 0 Å². The molecule has 2 heterocycles. The van der Waals surface area contributed by atoms with Crippen LogP contribution in [0.3, 0.4) is 0 Å². The first-order valence-corrected chi connectivity index (χ1v) is 14.7. The molecule has 0 bridgehead atoms. The lowest BCUT2D eigenvalue weighted by atomic mass is 9.43. The normalized spacial score (nSPS) is 13.1. The van der Waals surface area contributed by atoms with Crippen LogP contribution in [0.5, 0.6) is 0 Å². The van der Waals surface area contributed by atoms with Gasteiger partial charge < -0.3 is 4.81 Å². The molecule has 0 amide bonds. The Morgan fingerprint density at radius 2 is 0.595 bits per heavy atom. The summed E-state index contributed by atoms with van der Waals surface area (Å²) in [5.41, 5.74) is 10.5. The highest BCUT2D eigenvalue weighted by atomic mass is 15.1. The molecule has 0 fully saturated rings. The fourth-order valence-electron chi connectivity index (χ4n) is 7.58. The molecule has 0 aliphatic carbocycles. The molecule has 8 aromatic rings. The van der Waals surface area contributed by atoms with Gasteiger partial charge in [-0.2, -0.15) is 0 Å². The molecule has 192 valence electrons. The molecule has 0 saturated heterocycles. The summed E-state index contributed by atoms with van der Waals surface area (Å²) in [6.45, 7) is 0.0616. The smallest absolute Gasteiger partial charge is 0.329 e. The standard InChI is InChI=1S/C40H24BN/c1-5-13-29-21-37-33(17-25(29)9-1)35-19-27-11-3-7-15-31(27)23-39(35)42-40-24-32-16-8-4-12-28(32)20-36(40)34-18-26-10-2-6-14-30(26)22-38(34)41(37)42/h1-24H. The van der Waals surface area contributed by atoms with Gasteiger partial charge in [0.05, 0.1) is 0 Å². The Bertz CT molecular complexity index is 2100. The molecule has 0 N–H and O–H groups in total. The number of hydrogen-bond acceptors (Lipinski definition) is 1. The van der Waals surface area contributed by atoms with Crippen molar-refractivity contribution in [1.29, 1.82) is 0 Å². The second-order valence-electron chi connectivity index (χ2n) is 11.8. The van der Waals surface area contributed by atoms with Crippen molar-refractivity contribution in [3.63, 3.8) is 0 Å². The average molecular weight is 529 g/mol. The number of rotatable bonds is 0. The maximum Gasteiger partial charge on any atom is 0.329 e. The van der Waals surface area contributed by atoms with Crippen LogP contribution in [0, 0.1) is 0 Å². The van der Waals surface area contributed by atoms with Crippen molar-refractivity contribution in [2.45, 2.75) is 0 Å². The first-order chi connectivity index (χ1) is 20.8. The largest absolute Gasteiger partial charge is 0.376 e. The monoisotopic (exact) mass is 529 g/mol. The molecule has 0 radical (unpaired) electrons. The molecule has 0 spiro atoms. The highest BCUT2D eigenvalue weighted by Crippen LogP contribution is 2.49. The van der Waals surface area contributed by atoms with E-state index in [2.05, 4.69) is 150 Å². The van der Waals surface area contributed by atoms with Crippen LogP contribution in [0.2, 0.25) is 0 Å². The summed E-state index contributed by atoms with van der Waals surface area (Å²) < 4.78 is 0. The van der Waals surface area contributed by atoms with Gasteiger partial charge in [-0.25, -0.2) is 0 Å². The Balaban J connectivity index is 1.40. The quantitative estimate of drug-likeness (QED) is 0.177. The number of fused-ring (bicyclic) bond motifs is 15. The van der Waals surface area contributed by atoms with Crippen LogP contribution in [-0.2, 0) is 0 Å². The Kier molecular flexibility index (Phi) is 4.32. The Hall–Kier alpha value is -5.34. The van der Waals surface area contributed by atoms with Crippen LogP contribution in [0.25, 0.3) is 65.3 Å². The number of nitrogens with zero attached hydrogens (tertiary/aromatic N) is 1. The number of benzene rings is 8. The maximum atomic E-state index is 2.64. The van der Waals surface area contributed by atoms with E-state index in [0.29, 0.717) is 0 Å². The van der Waals surface area contributed by atoms with E-state index in [9.17, 15) is 0 Å². The third-order valence-corrected chi connectivity index (χ3v) is 9.51. The molecule has 0 aromatic heterocycles. The summed E-state index contributed by atoms with van der Waals surface area (Å²) in [6.07, 6.45) is 0. The van der Waals surface area contributed by atoms with Gasteiger partial charge in [0, 0.05) is 22.5 Å². The molecule has 0 atom stereocenters. The van der Waals surface area contributed by atoms with E-state index < -0.39 is 0 Å². The highest BCUT2D eigenvalue weighted by Gasteiger charge is 2.43. The van der Waals surface area contributed by atoms with Crippen LogP contribution in [-0.4, -0.2) is 6.85 Å². The van der Waals surface area contributed by atoms with Crippen LogP contribution in [0.4, 0.5) is 11.4 Å². The zero-order valence-electron chi connectivity index (χ0n) is 22.9. The molecule has 8 aromatic carbocycles. The first-order valence-electron chi connectivity index (χ1n) is 14.7. The van der Waals surface area contributed by atoms with Crippen molar-refractivity contribution < 1.29 is 0 Å².